The van der Waals surface area contributed by atoms with Crippen LogP contribution in [0, 0.1) is 5.41 Å². The van der Waals surface area contributed by atoms with E-state index in [1.165, 1.54) is 0 Å². The van der Waals surface area contributed by atoms with Crippen LogP contribution in [0.4, 0.5) is 0 Å². The fourth-order valence-corrected chi connectivity index (χ4v) is 4.16. The van der Waals surface area contributed by atoms with Crippen LogP contribution in [0.25, 0.3) is 0 Å². The molecule has 0 aromatic heterocycles. The van der Waals surface area contributed by atoms with Crippen molar-refractivity contribution in [1.82, 2.24) is 9.80 Å². The summed E-state index contributed by atoms with van der Waals surface area (Å²) in [5.74, 6) is 1.22. The van der Waals surface area contributed by atoms with Gasteiger partial charge in [0.25, 0.3) is 0 Å². The predicted molar refractivity (Wildman–Crippen MR) is 96.4 cm³/mol. The summed E-state index contributed by atoms with van der Waals surface area (Å²) < 4.78 is 5.23. The molecule has 1 spiro atoms. The highest BCUT2D eigenvalue weighted by Crippen LogP contribution is 2.40. The minimum Gasteiger partial charge on any atom is -0.497 e. The molecule has 1 aromatic rings. The molecule has 1 atom stereocenters. The monoisotopic (exact) mass is 344 g/mol. The number of benzene rings is 1. The van der Waals surface area contributed by atoms with Crippen LogP contribution in [-0.4, -0.2) is 54.9 Å². The minimum absolute atomic E-state index is 0.154. The number of ether oxygens (including phenoxy) is 1. The van der Waals surface area contributed by atoms with Crippen LogP contribution in [0.3, 0.4) is 0 Å². The molecule has 2 amide bonds. The molecule has 2 saturated heterocycles. The lowest BCUT2D eigenvalue weighted by molar-refractivity contribution is -0.145. The number of hydrogen-bond acceptors (Lipinski definition) is 3. The van der Waals surface area contributed by atoms with Gasteiger partial charge in [0.2, 0.25) is 11.8 Å². The van der Waals surface area contributed by atoms with Gasteiger partial charge in [-0.05, 0) is 50.3 Å². The van der Waals surface area contributed by atoms with Crippen molar-refractivity contribution >= 4 is 11.8 Å². The smallest absolute Gasteiger partial charge is 0.230 e. The first-order valence-electron chi connectivity index (χ1n) is 9.28. The largest absolute Gasteiger partial charge is 0.497 e. The highest BCUT2D eigenvalue weighted by atomic mass is 16.5. The number of methoxy groups -OCH3 is 1. The third-order valence-electron chi connectivity index (χ3n) is 5.67. The van der Waals surface area contributed by atoms with Crippen LogP contribution >= 0.6 is 0 Å². The van der Waals surface area contributed by atoms with Crippen molar-refractivity contribution < 1.29 is 14.3 Å². The van der Waals surface area contributed by atoms with Gasteiger partial charge in [0.1, 0.15) is 5.75 Å². The summed E-state index contributed by atoms with van der Waals surface area (Å²) in [5.41, 5.74) is 0.785. The maximum atomic E-state index is 12.8. The van der Waals surface area contributed by atoms with Gasteiger partial charge in [-0.1, -0.05) is 12.1 Å². The number of nitrogens with zero attached hydrogens (tertiary/aromatic N) is 2. The number of hydrogen-bond donors (Lipinski definition) is 0. The summed E-state index contributed by atoms with van der Waals surface area (Å²) >= 11 is 0. The topological polar surface area (TPSA) is 49.9 Å². The van der Waals surface area contributed by atoms with E-state index in [1.54, 1.807) is 7.11 Å². The molecule has 3 rings (SSSR count). The molecule has 5 heteroatoms. The third kappa shape index (κ3) is 3.65. The molecule has 0 N–H and O–H groups in total. The summed E-state index contributed by atoms with van der Waals surface area (Å²) in [6.45, 7) is 4.97. The van der Waals surface area contributed by atoms with Crippen molar-refractivity contribution in [3.8, 4) is 5.75 Å². The first-order valence-corrected chi connectivity index (χ1v) is 9.28. The second kappa shape index (κ2) is 7.46. The Morgan fingerprint density at radius 2 is 2.12 bits per heavy atom. The highest BCUT2D eigenvalue weighted by molar-refractivity contribution is 5.86. The molecule has 0 bridgehead atoms. The number of aryl methyl sites for hydroxylation is 1. The Balaban J connectivity index is 1.58. The van der Waals surface area contributed by atoms with Crippen LogP contribution in [0.1, 0.15) is 38.2 Å². The van der Waals surface area contributed by atoms with Gasteiger partial charge >= 0.3 is 0 Å². The van der Waals surface area contributed by atoms with E-state index in [2.05, 4.69) is 0 Å². The van der Waals surface area contributed by atoms with Gasteiger partial charge in [0, 0.05) is 32.6 Å². The predicted octanol–water partition coefficient (Wildman–Crippen LogP) is 2.49. The van der Waals surface area contributed by atoms with Gasteiger partial charge in [-0.3, -0.25) is 9.59 Å². The fourth-order valence-electron chi connectivity index (χ4n) is 4.16. The Morgan fingerprint density at radius 1 is 1.28 bits per heavy atom. The molecular formula is C20H28N2O3. The summed E-state index contributed by atoms with van der Waals surface area (Å²) in [7, 11) is 1.65. The maximum Gasteiger partial charge on any atom is 0.230 e. The number of carbonyl (C=O) groups is 2. The van der Waals surface area contributed by atoms with Gasteiger partial charge in [-0.15, -0.1) is 0 Å². The van der Waals surface area contributed by atoms with Crippen molar-refractivity contribution in [1.29, 1.82) is 0 Å². The van der Waals surface area contributed by atoms with Gasteiger partial charge < -0.3 is 14.5 Å². The standard InChI is InChI=1S/C20H28N2O3/c1-3-21-12-5-10-20(19(21)24)11-13-22(15-20)18(23)9-8-16-6-4-7-17(14-16)25-2/h4,6-7,14H,3,5,8-13,15H2,1-2H3/t20-/m0/s1. The average Bonchev–Trinajstić information content (AvgIpc) is 3.07. The highest BCUT2D eigenvalue weighted by Gasteiger charge is 2.48. The zero-order valence-corrected chi connectivity index (χ0v) is 15.3. The van der Waals surface area contributed by atoms with Crippen LogP contribution < -0.4 is 4.74 Å². The summed E-state index contributed by atoms with van der Waals surface area (Å²) in [5, 5.41) is 0. The zero-order valence-electron chi connectivity index (χ0n) is 15.3. The first kappa shape index (κ1) is 17.8. The van der Waals surface area contributed by atoms with E-state index in [4.69, 9.17) is 4.74 Å². The number of rotatable bonds is 5. The normalized spacial score (nSPS) is 23.4. The number of carbonyl (C=O) groups excluding carboxylic acids is 2. The Labute approximate surface area is 149 Å². The Hall–Kier alpha value is -2.04. The second-order valence-electron chi connectivity index (χ2n) is 7.19. The third-order valence-corrected chi connectivity index (χ3v) is 5.67. The van der Waals surface area contributed by atoms with Gasteiger partial charge in [-0.25, -0.2) is 0 Å². The lowest BCUT2D eigenvalue weighted by atomic mass is 9.78. The van der Waals surface area contributed by atoms with Crippen molar-refractivity contribution in [2.45, 2.75) is 39.0 Å². The number of piperidine rings is 1. The molecule has 2 heterocycles. The van der Waals surface area contributed by atoms with Crippen LogP contribution in [0.5, 0.6) is 5.75 Å². The Bertz CT molecular complexity index is 646. The van der Waals surface area contributed by atoms with Crippen LogP contribution in [0.15, 0.2) is 24.3 Å². The fraction of sp³-hybridized carbons (Fsp3) is 0.600. The van der Waals surface area contributed by atoms with E-state index in [1.807, 2.05) is 41.0 Å². The molecule has 2 aliphatic rings. The number of likely N-dealkylation sites (tertiary alicyclic amines) is 2. The molecule has 1 aromatic carbocycles. The summed E-state index contributed by atoms with van der Waals surface area (Å²) in [4.78, 5) is 29.3. The quantitative estimate of drug-likeness (QED) is 0.825. The molecule has 0 saturated carbocycles. The molecule has 2 fully saturated rings. The summed E-state index contributed by atoms with van der Waals surface area (Å²) in [6.07, 6.45) is 3.96. The lowest BCUT2D eigenvalue weighted by Crippen LogP contribution is -2.50. The first-order chi connectivity index (χ1) is 12.1. The Kier molecular flexibility index (Phi) is 5.30. The van der Waals surface area contributed by atoms with Crippen molar-refractivity contribution in [2.24, 2.45) is 5.41 Å². The van der Waals surface area contributed by atoms with E-state index in [-0.39, 0.29) is 17.2 Å². The molecule has 2 aliphatic heterocycles. The zero-order chi connectivity index (χ0) is 17.9. The lowest BCUT2D eigenvalue weighted by Gasteiger charge is -2.38. The number of amides is 2. The molecule has 0 aliphatic carbocycles. The van der Waals surface area contributed by atoms with Crippen molar-refractivity contribution in [2.75, 3.05) is 33.3 Å². The Morgan fingerprint density at radius 3 is 2.88 bits per heavy atom. The van der Waals surface area contributed by atoms with Crippen molar-refractivity contribution in [3.63, 3.8) is 0 Å². The average molecular weight is 344 g/mol. The molecule has 136 valence electrons. The van der Waals surface area contributed by atoms with E-state index < -0.39 is 0 Å². The molecule has 0 radical (unpaired) electrons. The van der Waals surface area contributed by atoms with E-state index in [0.717, 1.165) is 43.7 Å². The molecule has 0 unspecified atom stereocenters. The second-order valence-corrected chi connectivity index (χ2v) is 7.19. The maximum absolute atomic E-state index is 12.8. The van der Waals surface area contributed by atoms with Crippen LogP contribution in [-0.2, 0) is 16.0 Å². The van der Waals surface area contributed by atoms with E-state index in [9.17, 15) is 9.59 Å². The van der Waals surface area contributed by atoms with E-state index >= 15 is 0 Å². The van der Waals surface area contributed by atoms with E-state index in [0.29, 0.717) is 25.9 Å². The molecular weight excluding hydrogens is 316 g/mol. The summed E-state index contributed by atoms with van der Waals surface area (Å²) in [6, 6.07) is 7.85. The van der Waals surface area contributed by atoms with Crippen LogP contribution in [0.2, 0.25) is 0 Å². The molecule has 5 nitrogen and oxygen atoms in total. The van der Waals surface area contributed by atoms with Gasteiger partial charge in [0.05, 0.1) is 12.5 Å². The SMILES string of the molecule is CCN1CCC[C@@]2(CCN(C(=O)CCc3cccc(OC)c3)C2)C1=O. The van der Waals surface area contributed by atoms with Crippen molar-refractivity contribution in [3.05, 3.63) is 29.8 Å². The van der Waals surface area contributed by atoms with Gasteiger partial charge in [-0.2, -0.15) is 0 Å². The van der Waals surface area contributed by atoms with Gasteiger partial charge in [0.15, 0.2) is 0 Å². The molecule has 25 heavy (non-hydrogen) atoms. The minimum atomic E-state index is -0.320.